The van der Waals surface area contributed by atoms with Crippen LogP contribution in [-0.2, 0) is 17.6 Å². The van der Waals surface area contributed by atoms with E-state index in [9.17, 15) is 9.59 Å². The molecule has 4 aromatic rings. The molecule has 0 saturated carbocycles. The van der Waals surface area contributed by atoms with Crippen molar-refractivity contribution in [1.29, 1.82) is 0 Å². The molecule has 0 fully saturated rings. The van der Waals surface area contributed by atoms with Crippen LogP contribution in [-0.4, -0.2) is 25.2 Å². The van der Waals surface area contributed by atoms with Crippen LogP contribution in [0.3, 0.4) is 0 Å². The summed E-state index contributed by atoms with van der Waals surface area (Å²) < 4.78 is 10.9. The SMILES string of the molecule is COC(=O)c1ccc(-c2ccc(C=Nc3sc4c(c3C(=O)Nc3ccccc3)CC[C@H](C(C)(C)C)C4)o2)c(C)c1. The largest absolute Gasteiger partial charge is 0.465 e. The predicted octanol–water partition coefficient (Wildman–Crippen LogP) is 8.26. The number of rotatable bonds is 6. The quantitative estimate of drug-likeness (QED) is 0.192. The maximum Gasteiger partial charge on any atom is 0.337 e. The van der Waals surface area contributed by atoms with E-state index >= 15 is 0 Å². The highest BCUT2D eigenvalue weighted by molar-refractivity contribution is 7.16. The summed E-state index contributed by atoms with van der Waals surface area (Å²) in [6.45, 7) is 8.79. The number of anilines is 1. The van der Waals surface area contributed by atoms with Crippen molar-refractivity contribution < 1.29 is 18.7 Å². The molecule has 2 aromatic carbocycles. The molecule has 0 saturated heterocycles. The lowest BCUT2D eigenvalue weighted by Crippen LogP contribution is -2.27. The second-order valence-electron chi connectivity index (χ2n) is 11.3. The summed E-state index contributed by atoms with van der Waals surface area (Å²) in [4.78, 5) is 31.4. The molecule has 2 heterocycles. The van der Waals surface area contributed by atoms with Crippen LogP contribution in [0.25, 0.3) is 11.3 Å². The maximum atomic E-state index is 13.5. The number of methoxy groups -OCH3 is 1. The molecule has 0 unspecified atom stereocenters. The topological polar surface area (TPSA) is 80.9 Å². The van der Waals surface area contributed by atoms with Gasteiger partial charge < -0.3 is 14.5 Å². The number of nitrogens with one attached hydrogen (secondary N) is 1. The van der Waals surface area contributed by atoms with Gasteiger partial charge in [-0.3, -0.25) is 4.79 Å². The van der Waals surface area contributed by atoms with Crippen molar-refractivity contribution in [2.75, 3.05) is 12.4 Å². The van der Waals surface area contributed by atoms with Gasteiger partial charge in [0.25, 0.3) is 5.91 Å². The Balaban J connectivity index is 1.44. The number of thiophene rings is 1. The number of amides is 1. The molecular formula is C33H34N2O4S. The minimum atomic E-state index is -0.374. The summed E-state index contributed by atoms with van der Waals surface area (Å²) in [6.07, 6.45) is 4.56. The lowest BCUT2D eigenvalue weighted by Gasteiger charge is -2.33. The fraction of sp³-hybridized carbons (Fsp3) is 0.303. The zero-order valence-corrected chi connectivity index (χ0v) is 24.4. The number of esters is 1. The smallest absolute Gasteiger partial charge is 0.337 e. The van der Waals surface area contributed by atoms with E-state index < -0.39 is 0 Å². The minimum Gasteiger partial charge on any atom is -0.465 e. The van der Waals surface area contributed by atoms with E-state index in [1.54, 1.807) is 29.7 Å². The van der Waals surface area contributed by atoms with E-state index in [2.05, 4.69) is 26.1 Å². The van der Waals surface area contributed by atoms with Gasteiger partial charge in [0.05, 0.1) is 24.5 Å². The monoisotopic (exact) mass is 554 g/mol. The highest BCUT2D eigenvalue weighted by Crippen LogP contribution is 2.45. The number of furan rings is 1. The molecule has 1 aliphatic carbocycles. The standard InChI is InChI=1S/C33H34N2O4S/c1-20-17-21(32(37)38-5)11-14-25(20)27-16-13-24(39-27)19-34-31-29(30(36)35-23-9-7-6-8-10-23)26-15-12-22(33(2,3)4)18-28(26)40-31/h6-11,13-14,16-17,19,22H,12,15,18H2,1-5H3,(H,35,36)/t22-/m0/s1. The number of carbonyl (C=O) groups is 2. The number of aryl methyl sites for hydroxylation is 1. The number of hydrogen-bond donors (Lipinski definition) is 1. The molecule has 1 N–H and O–H groups in total. The molecule has 40 heavy (non-hydrogen) atoms. The third kappa shape index (κ3) is 5.80. The maximum absolute atomic E-state index is 13.5. The van der Waals surface area contributed by atoms with Gasteiger partial charge in [0.15, 0.2) is 0 Å². The normalized spacial score (nSPS) is 15.2. The number of ether oxygens (including phenoxy) is 1. The molecule has 6 nitrogen and oxygen atoms in total. The van der Waals surface area contributed by atoms with Crippen molar-refractivity contribution in [3.8, 4) is 11.3 Å². The molecule has 0 aliphatic heterocycles. The Morgan fingerprint density at radius 1 is 1.10 bits per heavy atom. The van der Waals surface area contributed by atoms with Gasteiger partial charge in [-0.15, -0.1) is 11.3 Å². The second kappa shape index (κ2) is 11.3. The van der Waals surface area contributed by atoms with Crippen LogP contribution >= 0.6 is 11.3 Å². The minimum absolute atomic E-state index is 0.133. The highest BCUT2D eigenvalue weighted by Gasteiger charge is 2.33. The van der Waals surface area contributed by atoms with Crippen LogP contribution in [0.1, 0.15) is 69.7 Å². The summed E-state index contributed by atoms with van der Waals surface area (Å²) in [5.74, 6) is 1.31. The van der Waals surface area contributed by atoms with E-state index in [4.69, 9.17) is 14.1 Å². The first-order chi connectivity index (χ1) is 19.1. The number of fused-ring (bicyclic) bond motifs is 1. The van der Waals surface area contributed by atoms with E-state index in [0.717, 1.165) is 41.6 Å². The Kier molecular flexibility index (Phi) is 7.76. The summed E-state index contributed by atoms with van der Waals surface area (Å²) >= 11 is 1.61. The summed E-state index contributed by atoms with van der Waals surface area (Å²) in [7, 11) is 1.37. The van der Waals surface area contributed by atoms with E-state index in [-0.39, 0.29) is 17.3 Å². The summed E-state index contributed by atoms with van der Waals surface area (Å²) in [5.41, 5.74) is 5.02. The van der Waals surface area contributed by atoms with Crippen molar-refractivity contribution in [1.82, 2.24) is 0 Å². The van der Waals surface area contributed by atoms with Crippen LogP contribution in [0.15, 0.2) is 70.1 Å². The molecule has 1 amide bonds. The van der Waals surface area contributed by atoms with Crippen LogP contribution in [0.2, 0.25) is 0 Å². The number of hydrogen-bond acceptors (Lipinski definition) is 6. The van der Waals surface area contributed by atoms with Crippen LogP contribution < -0.4 is 5.32 Å². The first-order valence-electron chi connectivity index (χ1n) is 13.5. The summed E-state index contributed by atoms with van der Waals surface area (Å²) in [5, 5.41) is 3.76. The van der Waals surface area contributed by atoms with E-state index in [1.807, 2.05) is 55.5 Å². The van der Waals surface area contributed by atoms with Crippen molar-refractivity contribution in [2.45, 2.75) is 47.0 Å². The highest BCUT2D eigenvalue weighted by atomic mass is 32.1. The molecule has 7 heteroatoms. The van der Waals surface area contributed by atoms with Gasteiger partial charge >= 0.3 is 5.97 Å². The number of benzene rings is 2. The number of carbonyl (C=O) groups excluding carboxylic acids is 2. The third-order valence-electron chi connectivity index (χ3n) is 7.58. The Bertz CT molecular complexity index is 1570. The van der Waals surface area contributed by atoms with Crippen LogP contribution in [0, 0.1) is 18.3 Å². The lowest BCUT2D eigenvalue weighted by molar-refractivity contribution is 0.0600. The summed E-state index contributed by atoms with van der Waals surface area (Å²) in [6, 6.07) is 18.6. The molecule has 0 bridgehead atoms. The van der Waals surface area contributed by atoms with Gasteiger partial charge in [0.1, 0.15) is 16.5 Å². The van der Waals surface area contributed by atoms with Crippen LogP contribution in [0.5, 0.6) is 0 Å². The van der Waals surface area contributed by atoms with Gasteiger partial charge in [-0.25, -0.2) is 9.79 Å². The molecule has 5 rings (SSSR count). The molecule has 2 aromatic heterocycles. The van der Waals surface area contributed by atoms with Crippen molar-refractivity contribution >= 4 is 40.1 Å². The Morgan fingerprint density at radius 2 is 1.88 bits per heavy atom. The van der Waals surface area contributed by atoms with Gasteiger partial charge in [0.2, 0.25) is 0 Å². The first kappa shape index (κ1) is 27.6. The lowest BCUT2D eigenvalue weighted by atomic mass is 9.72. The zero-order valence-electron chi connectivity index (χ0n) is 23.5. The zero-order chi connectivity index (χ0) is 28.4. The molecule has 0 spiro atoms. The second-order valence-corrected chi connectivity index (χ2v) is 12.4. The molecule has 1 atom stereocenters. The fourth-order valence-electron chi connectivity index (χ4n) is 5.23. The molecule has 0 radical (unpaired) electrons. The average molecular weight is 555 g/mol. The number of aliphatic imine (C=N–C) groups is 1. The number of para-hydroxylation sites is 1. The molecule has 206 valence electrons. The van der Waals surface area contributed by atoms with Gasteiger partial charge in [0, 0.05) is 16.1 Å². The fourth-order valence-corrected chi connectivity index (χ4v) is 6.49. The van der Waals surface area contributed by atoms with Crippen molar-refractivity contribution in [2.24, 2.45) is 16.3 Å². The molecular weight excluding hydrogens is 520 g/mol. The van der Waals surface area contributed by atoms with Crippen LogP contribution in [0.4, 0.5) is 10.7 Å². The Morgan fingerprint density at radius 3 is 2.58 bits per heavy atom. The van der Waals surface area contributed by atoms with Gasteiger partial charge in [-0.2, -0.15) is 0 Å². The number of nitrogens with zero attached hydrogens (tertiary/aromatic N) is 1. The first-order valence-corrected chi connectivity index (χ1v) is 14.3. The Labute approximate surface area is 239 Å². The molecule has 1 aliphatic rings. The van der Waals surface area contributed by atoms with E-state index in [0.29, 0.717) is 33.6 Å². The van der Waals surface area contributed by atoms with Gasteiger partial charge in [-0.05, 0) is 85.0 Å². The third-order valence-corrected chi connectivity index (χ3v) is 8.74. The predicted molar refractivity (Wildman–Crippen MR) is 161 cm³/mol. The van der Waals surface area contributed by atoms with Gasteiger partial charge in [-0.1, -0.05) is 45.0 Å². The Hall–Kier alpha value is -3.97. The average Bonchev–Trinajstić information content (AvgIpc) is 3.55. The van der Waals surface area contributed by atoms with Crippen molar-refractivity contribution in [3.05, 3.63) is 93.6 Å². The van der Waals surface area contributed by atoms with E-state index in [1.165, 1.54) is 12.0 Å². The van der Waals surface area contributed by atoms with Crippen molar-refractivity contribution in [3.63, 3.8) is 0 Å².